The standard InChI is InChI=1S/C17H16ClNO/c1-12-6-8-16(10-13(12)2)19-17(20)9-7-14-4-3-5-15(18)11-14/h3-11H,1-2H3,(H,19,20). The van der Waals surface area contributed by atoms with Gasteiger partial charge in [-0.3, -0.25) is 4.79 Å². The minimum absolute atomic E-state index is 0.159. The molecule has 0 radical (unpaired) electrons. The zero-order valence-corrected chi connectivity index (χ0v) is 12.2. The first-order valence-corrected chi connectivity index (χ1v) is 6.74. The third kappa shape index (κ3) is 3.97. The smallest absolute Gasteiger partial charge is 0.248 e. The fourth-order valence-electron chi connectivity index (χ4n) is 1.79. The zero-order chi connectivity index (χ0) is 14.5. The number of nitrogens with one attached hydrogen (secondary N) is 1. The van der Waals surface area contributed by atoms with Crippen LogP contribution in [0.4, 0.5) is 5.69 Å². The van der Waals surface area contributed by atoms with Gasteiger partial charge in [0.2, 0.25) is 5.91 Å². The molecule has 2 nitrogen and oxygen atoms in total. The Morgan fingerprint density at radius 1 is 1.10 bits per heavy atom. The monoisotopic (exact) mass is 285 g/mol. The number of benzene rings is 2. The Morgan fingerprint density at radius 2 is 1.90 bits per heavy atom. The number of carbonyl (C=O) groups excluding carboxylic acids is 1. The second kappa shape index (κ2) is 6.40. The molecule has 0 heterocycles. The van der Waals surface area contributed by atoms with Gasteiger partial charge in [0, 0.05) is 16.8 Å². The van der Waals surface area contributed by atoms with Crippen LogP contribution >= 0.6 is 11.6 Å². The highest BCUT2D eigenvalue weighted by Gasteiger charge is 2.00. The number of aryl methyl sites for hydroxylation is 2. The molecule has 1 N–H and O–H groups in total. The van der Waals surface area contributed by atoms with E-state index in [0.29, 0.717) is 5.02 Å². The lowest BCUT2D eigenvalue weighted by atomic mass is 10.1. The van der Waals surface area contributed by atoms with Crippen molar-refractivity contribution in [2.75, 3.05) is 5.32 Å². The largest absolute Gasteiger partial charge is 0.323 e. The molecular weight excluding hydrogens is 270 g/mol. The quantitative estimate of drug-likeness (QED) is 0.820. The average molecular weight is 286 g/mol. The van der Waals surface area contributed by atoms with E-state index in [1.165, 1.54) is 11.6 Å². The van der Waals surface area contributed by atoms with E-state index in [9.17, 15) is 4.79 Å². The fraction of sp³-hybridized carbons (Fsp3) is 0.118. The first kappa shape index (κ1) is 14.4. The molecular formula is C17H16ClNO. The van der Waals surface area contributed by atoms with Gasteiger partial charge in [-0.05, 0) is 60.9 Å². The lowest BCUT2D eigenvalue weighted by molar-refractivity contribution is -0.111. The highest BCUT2D eigenvalue weighted by atomic mass is 35.5. The molecule has 0 saturated carbocycles. The predicted octanol–water partition coefficient (Wildman–Crippen LogP) is 4.61. The minimum Gasteiger partial charge on any atom is -0.323 e. The van der Waals surface area contributed by atoms with Crippen molar-refractivity contribution in [2.24, 2.45) is 0 Å². The molecule has 1 amide bonds. The topological polar surface area (TPSA) is 29.1 Å². The van der Waals surface area contributed by atoms with E-state index in [1.807, 2.05) is 44.2 Å². The maximum Gasteiger partial charge on any atom is 0.248 e. The summed E-state index contributed by atoms with van der Waals surface area (Å²) in [5, 5.41) is 3.49. The number of carbonyl (C=O) groups is 1. The first-order chi connectivity index (χ1) is 9.54. The minimum atomic E-state index is -0.159. The molecule has 2 rings (SSSR count). The maximum atomic E-state index is 11.8. The molecule has 0 aliphatic heterocycles. The fourth-order valence-corrected chi connectivity index (χ4v) is 1.98. The van der Waals surface area contributed by atoms with E-state index in [1.54, 1.807) is 18.2 Å². The summed E-state index contributed by atoms with van der Waals surface area (Å²) in [6.45, 7) is 4.06. The molecule has 3 heteroatoms. The van der Waals surface area contributed by atoms with E-state index >= 15 is 0 Å². The summed E-state index contributed by atoms with van der Waals surface area (Å²) in [7, 11) is 0. The summed E-state index contributed by atoms with van der Waals surface area (Å²) in [5.74, 6) is -0.159. The summed E-state index contributed by atoms with van der Waals surface area (Å²) >= 11 is 5.89. The van der Waals surface area contributed by atoms with Gasteiger partial charge >= 0.3 is 0 Å². The highest BCUT2D eigenvalue weighted by molar-refractivity contribution is 6.30. The lowest BCUT2D eigenvalue weighted by Gasteiger charge is -2.05. The van der Waals surface area contributed by atoms with Crippen LogP contribution in [0.15, 0.2) is 48.5 Å². The van der Waals surface area contributed by atoms with E-state index in [0.717, 1.165) is 16.8 Å². The number of halogens is 1. The molecule has 0 bridgehead atoms. The van der Waals surface area contributed by atoms with Gasteiger partial charge in [-0.2, -0.15) is 0 Å². The van der Waals surface area contributed by atoms with E-state index in [4.69, 9.17) is 11.6 Å². The molecule has 0 spiro atoms. The summed E-state index contributed by atoms with van der Waals surface area (Å²) in [6.07, 6.45) is 3.24. The predicted molar refractivity (Wildman–Crippen MR) is 85.0 cm³/mol. The third-order valence-corrected chi connectivity index (χ3v) is 3.29. The molecule has 0 aromatic heterocycles. The van der Waals surface area contributed by atoms with E-state index in [2.05, 4.69) is 5.32 Å². The summed E-state index contributed by atoms with van der Waals surface area (Å²) in [5.41, 5.74) is 4.06. The van der Waals surface area contributed by atoms with Gasteiger partial charge in [-0.1, -0.05) is 29.8 Å². The Balaban J connectivity index is 2.03. The molecule has 0 aliphatic carbocycles. The maximum absolute atomic E-state index is 11.8. The highest BCUT2D eigenvalue weighted by Crippen LogP contribution is 2.15. The summed E-state index contributed by atoms with van der Waals surface area (Å²) in [4.78, 5) is 11.8. The number of rotatable bonds is 3. The molecule has 2 aromatic carbocycles. The third-order valence-electron chi connectivity index (χ3n) is 3.05. The number of anilines is 1. The van der Waals surface area contributed by atoms with Crippen LogP contribution in [0, 0.1) is 13.8 Å². The van der Waals surface area contributed by atoms with E-state index < -0.39 is 0 Å². The second-order valence-electron chi connectivity index (χ2n) is 4.68. The van der Waals surface area contributed by atoms with Crippen molar-refractivity contribution >= 4 is 29.3 Å². The second-order valence-corrected chi connectivity index (χ2v) is 5.11. The Kier molecular flexibility index (Phi) is 4.59. The van der Waals surface area contributed by atoms with Crippen LogP contribution in [0.5, 0.6) is 0 Å². The average Bonchev–Trinajstić information content (AvgIpc) is 2.41. The van der Waals surface area contributed by atoms with Crippen LogP contribution in [0.2, 0.25) is 5.02 Å². The van der Waals surface area contributed by atoms with Crippen LogP contribution in [0.25, 0.3) is 6.08 Å². The summed E-state index contributed by atoms with van der Waals surface area (Å²) < 4.78 is 0. The first-order valence-electron chi connectivity index (χ1n) is 6.36. The van der Waals surface area contributed by atoms with Gasteiger partial charge in [0.25, 0.3) is 0 Å². The van der Waals surface area contributed by atoms with Crippen LogP contribution < -0.4 is 5.32 Å². The van der Waals surface area contributed by atoms with Crippen LogP contribution in [-0.4, -0.2) is 5.91 Å². The van der Waals surface area contributed by atoms with Gasteiger partial charge in [0.05, 0.1) is 0 Å². The Morgan fingerprint density at radius 3 is 2.60 bits per heavy atom. The van der Waals surface area contributed by atoms with Crippen molar-refractivity contribution in [1.82, 2.24) is 0 Å². The molecule has 2 aromatic rings. The number of hydrogen-bond donors (Lipinski definition) is 1. The molecule has 0 unspecified atom stereocenters. The van der Waals surface area contributed by atoms with Crippen molar-refractivity contribution in [3.8, 4) is 0 Å². The van der Waals surface area contributed by atoms with Crippen LogP contribution in [-0.2, 0) is 4.79 Å². The zero-order valence-electron chi connectivity index (χ0n) is 11.5. The SMILES string of the molecule is Cc1ccc(NC(=O)C=Cc2cccc(Cl)c2)cc1C. The molecule has 0 atom stereocenters. The van der Waals surface area contributed by atoms with Gasteiger partial charge in [-0.25, -0.2) is 0 Å². The van der Waals surface area contributed by atoms with Gasteiger partial charge < -0.3 is 5.32 Å². The molecule has 102 valence electrons. The van der Waals surface area contributed by atoms with Crippen molar-refractivity contribution < 1.29 is 4.79 Å². The Bertz CT molecular complexity index is 662. The van der Waals surface area contributed by atoms with Gasteiger partial charge in [0.15, 0.2) is 0 Å². The molecule has 0 fully saturated rings. The van der Waals surface area contributed by atoms with Crippen molar-refractivity contribution in [2.45, 2.75) is 13.8 Å². The van der Waals surface area contributed by atoms with Gasteiger partial charge in [-0.15, -0.1) is 0 Å². The van der Waals surface area contributed by atoms with Gasteiger partial charge in [0.1, 0.15) is 0 Å². The van der Waals surface area contributed by atoms with Crippen molar-refractivity contribution in [1.29, 1.82) is 0 Å². The molecule has 0 aliphatic rings. The summed E-state index contributed by atoms with van der Waals surface area (Å²) in [6, 6.07) is 13.2. The lowest BCUT2D eigenvalue weighted by Crippen LogP contribution is -2.07. The van der Waals surface area contributed by atoms with Crippen LogP contribution in [0.3, 0.4) is 0 Å². The van der Waals surface area contributed by atoms with Crippen molar-refractivity contribution in [3.05, 3.63) is 70.3 Å². The number of amides is 1. The number of hydrogen-bond acceptors (Lipinski definition) is 1. The molecule has 20 heavy (non-hydrogen) atoms. The Hall–Kier alpha value is -2.06. The van der Waals surface area contributed by atoms with Crippen molar-refractivity contribution in [3.63, 3.8) is 0 Å². The normalized spacial score (nSPS) is 10.8. The van der Waals surface area contributed by atoms with Crippen LogP contribution in [0.1, 0.15) is 16.7 Å². The Labute approximate surface area is 124 Å². The van der Waals surface area contributed by atoms with E-state index in [-0.39, 0.29) is 5.91 Å². The molecule has 0 saturated heterocycles.